The van der Waals surface area contributed by atoms with Crippen LogP contribution in [0.5, 0.6) is 0 Å². The van der Waals surface area contributed by atoms with E-state index >= 15 is 0 Å². The van der Waals surface area contributed by atoms with Gasteiger partial charge in [-0.05, 0) is 33.3 Å². The average molecular weight is 186 g/mol. The van der Waals surface area contributed by atoms with Gasteiger partial charge in [0.15, 0.2) is 6.29 Å². The van der Waals surface area contributed by atoms with Gasteiger partial charge in [-0.2, -0.15) is 0 Å². The summed E-state index contributed by atoms with van der Waals surface area (Å²) in [6, 6.07) is 0. The average Bonchev–Trinajstić information content (AvgIpc) is 2.05. The molecule has 0 amide bonds. The van der Waals surface area contributed by atoms with E-state index in [0.717, 1.165) is 12.7 Å². The first kappa shape index (κ1) is 12.3. The van der Waals surface area contributed by atoms with Crippen molar-refractivity contribution in [3.8, 4) is 0 Å². The Hall–Kier alpha value is -0.670. The number of rotatable bonds is 7. The van der Waals surface area contributed by atoms with Gasteiger partial charge in [-0.25, -0.2) is 0 Å². The van der Waals surface area contributed by atoms with Crippen LogP contribution in [0.4, 0.5) is 0 Å². The third kappa shape index (κ3) is 7.68. The van der Waals surface area contributed by atoms with Gasteiger partial charge in [-0.15, -0.1) is 0 Å². The summed E-state index contributed by atoms with van der Waals surface area (Å²) in [5, 5.41) is 0. The molecule has 2 unspecified atom stereocenters. The summed E-state index contributed by atoms with van der Waals surface area (Å²) in [6.07, 6.45) is 4.67. The lowest BCUT2D eigenvalue weighted by Gasteiger charge is -2.17. The summed E-state index contributed by atoms with van der Waals surface area (Å²) < 4.78 is 10.7. The van der Waals surface area contributed by atoms with Gasteiger partial charge in [-0.1, -0.05) is 6.08 Å². The molecule has 3 heteroatoms. The summed E-state index contributed by atoms with van der Waals surface area (Å²) in [4.78, 5) is 9.96. The molecule has 2 atom stereocenters. The second-order valence-electron chi connectivity index (χ2n) is 2.77. The van der Waals surface area contributed by atoms with Gasteiger partial charge >= 0.3 is 0 Å². The molecule has 0 spiro atoms. The van der Waals surface area contributed by atoms with E-state index in [1.54, 1.807) is 6.08 Å². The fraction of sp³-hybridized carbons (Fsp3) is 0.700. The van der Waals surface area contributed by atoms with E-state index in [1.807, 2.05) is 20.8 Å². The first-order valence-corrected chi connectivity index (χ1v) is 4.58. The fourth-order valence-corrected chi connectivity index (χ4v) is 0.982. The molecule has 0 N–H and O–H groups in total. The molecule has 0 fully saturated rings. The molecular weight excluding hydrogens is 168 g/mol. The normalized spacial score (nSPS) is 15.9. The number of aldehydes is 1. The molecule has 0 bridgehead atoms. The lowest BCUT2D eigenvalue weighted by atomic mass is 10.2. The minimum Gasteiger partial charge on any atom is -0.353 e. The molecule has 0 heterocycles. The third-order valence-electron chi connectivity index (χ3n) is 1.51. The molecule has 0 rings (SSSR count). The number of hydrogen-bond acceptors (Lipinski definition) is 3. The van der Waals surface area contributed by atoms with E-state index in [2.05, 4.69) is 0 Å². The van der Waals surface area contributed by atoms with Crippen molar-refractivity contribution in [2.75, 3.05) is 6.61 Å². The van der Waals surface area contributed by atoms with Gasteiger partial charge in [0, 0.05) is 6.61 Å². The first-order chi connectivity index (χ1) is 6.20. The van der Waals surface area contributed by atoms with E-state index in [4.69, 9.17) is 9.47 Å². The van der Waals surface area contributed by atoms with Crippen molar-refractivity contribution in [3.63, 3.8) is 0 Å². The SMILES string of the molecule is CCOC(C)OC(C)C/C=C/C=O. The zero-order chi connectivity index (χ0) is 10.1. The lowest BCUT2D eigenvalue weighted by Crippen LogP contribution is -2.19. The molecule has 13 heavy (non-hydrogen) atoms. The van der Waals surface area contributed by atoms with Crippen LogP contribution in [-0.4, -0.2) is 25.3 Å². The van der Waals surface area contributed by atoms with Crippen molar-refractivity contribution in [1.29, 1.82) is 0 Å². The Balaban J connectivity index is 3.54. The Kier molecular flexibility index (Phi) is 7.54. The Morgan fingerprint density at radius 3 is 2.62 bits per heavy atom. The van der Waals surface area contributed by atoms with E-state index < -0.39 is 0 Å². The highest BCUT2D eigenvalue weighted by atomic mass is 16.7. The van der Waals surface area contributed by atoms with Gasteiger partial charge < -0.3 is 9.47 Å². The van der Waals surface area contributed by atoms with Crippen LogP contribution < -0.4 is 0 Å². The molecule has 0 aliphatic rings. The van der Waals surface area contributed by atoms with Crippen LogP contribution in [0.15, 0.2) is 12.2 Å². The van der Waals surface area contributed by atoms with Crippen LogP contribution in [0.3, 0.4) is 0 Å². The highest BCUT2D eigenvalue weighted by Crippen LogP contribution is 2.03. The molecule has 0 radical (unpaired) electrons. The molecule has 0 saturated carbocycles. The third-order valence-corrected chi connectivity index (χ3v) is 1.51. The number of hydrogen-bond donors (Lipinski definition) is 0. The maximum Gasteiger partial charge on any atom is 0.155 e. The number of carbonyl (C=O) groups is 1. The molecule has 76 valence electrons. The van der Waals surface area contributed by atoms with E-state index in [0.29, 0.717) is 6.61 Å². The van der Waals surface area contributed by atoms with Gasteiger partial charge in [-0.3, -0.25) is 4.79 Å². The minimum absolute atomic E-state index is 0.0812. The number of allylic oxidation sites excluding steroid dienone is 1. The molecule has 0 aliphatic carbocycles. The molecule has 0 aromatic carbocycles. The maximum atomic E-state index is 9.96. The van der Waals surface area contributed by atoms with Gasteiger partial charge in [0.05, 0.1) is 6.10 Å². The second kappa shape index (κ2) is 7.95. The summed E-state index contributed by atoms with van der Waals surface area (Å²) in [5.41, 5.74) is 0. The quantitative estimate of drug-likeness (QED) is 0.346. The predicted molar refractivity (Wildman–Crippen MR) is 51.5 cm³/mol. The topological polar surface area (TPSA) is 35.5 Å². The van der Waals surface area contributed by atoms with Gasteiger partial charge in [0.2, 0.25) is 0 Å². The van der Waals surface area contributed by atoms with Crippen LogP contribution in [0.25, 0.3) is 0 Å². The van der Waals surface area contributed by atoms with Gasteiger partial charge in [0.1, 0.15) is 6.29 Å². The van der Waals surface area contributed by atoms with Crippen LogP contribution in [0, 0.1) is 0 Å². The van der Waals surface area contributed by atoms with Crippen molar-refractivity contribution >= 4 is 6.29 Å². The first-order valence-electron chi connectivity index (χ1n) is 4.58. The summed E-state index contributed by atoms with van der Waals surface area (Å²) in [5.74, 6) is 0. The molecule has 0 aromatic rings. The molecule has 3 nitrogen and oxygen atoms in total. The van der Waals surface area contributed by atoms with Crippen LogP contribution in [0.1, 0.15) is 27.2 Å². The Morgan fingerprint density at radius 2 is 2.08 bits per heavy atom. The van der Waals surface area contributed by atoms with E-state index in [-0.39, 0.29) is 12.4 Å². The molecule has 0 aliphatic heterocycles. The Bertz CT molecular complexity index is 154. The largest absolute Gasteiger partial charge is 0.353 e. The van der Waals surface area contributed by atoms with Crippen LogP contribution in [0.2, 0.25) is 0 Å². The molecular formula is C10H18O3. The number of carbonyl (C=O) groups excluding carboxylic acids is 1. The Morgan fingerprint density at radius 1 is 1.38 bits per heavy atom. The molecule has 0 saturated heterocycles. The van der Waals surface area contributed by atoms with Gasteiger partial charge in [0.25, 0.3) is 0 Å². The maximum absolute atomic E-state index is 9.96. The number of ether oxygens (including phenoxy) is 2. The standard InChI is InChI=1S/C10H18O3/c1-4-12-10(3)13-9(2)7-5-6-8-11/h5-6,8-10H,4,7H2,1-3H3/b6-5+. The van der Waals surface area contributed by atoms with Crippen molar-refractivity contribution < 1.29 is 14.3 Å². The lowest BCUT2D eigenvalue weighted by molar-refractivity contribution is -0.151. The van der Waals surface area contributed by atoms with Crippen LogP contribution in [-0.2, 0) is 14.3 Å². The summed E-state index contributed by atoms with van der Waals surface area (Å²) in [6.45, 7) is 6.39. The highest BCUT2D eigenvalue weighted by molar-refractivity contribution is 5.64. The smallest absolute Gasteiger partial charge is 0.155 e. The van der Waals surface area contributed by atoms with Crippen LogP contribution >= 0.6 is 0 Å². The summed E-state index contributed by atoms with van der Waals surface area (Å²) in [7, 11) is 0. The summed E-state index contributed by atoms with van der Waals surface area (Å²) >= 11 is 0. The second-order valence-corrected chi connectivity index (χ2v) is 2.77. The predicted octanol–water partition coefficient (Wildman–Crippen LogP) is 1.92. The van der Waals surface area contributed by atoms with Crippen molar-refractivity contribution in [3.05, 3.63) is 12.2 Å². The van der Waals surface area contributed by atoms with E-state index in [1.165, 1.54) is 6.08 Å². The molecule has 0 aromatic heterocycles. The van der Waals surface area contributed by atoms with Crippen molar-refractivity contribution in [1.82, 2.24) is 0 Å². The van der Waals surface area contributed by atoms with Crippen molar-refractivity contribution in [2.24, 2.45) is 0 Å². The Labute approximate surface area is 79.7 Å². The zero-order valence-corrected chi connectivity index (χ0v) is 8.53. The van der Waals surface area contributed by atoms with E-state index in [9.17, 15) is 4.79 Å². The van der Waals surface area contributed by atoms with Crippen molar-refractivity contribution in [2.45, 2.75) is 39.6 Å². The zero-order valence-electron chi connectivity index (χ0n) is 8.53. The monoisotopic (exact) mass is 186 g/mol. The fourth-order valence-electron chi connectivity index (χ4n) is 0.982. The minimum atomic E-state index is -0.176. The highest BCUT2D eigenvalue weighted by Gasteiger charge is 2.05.